The fraction of sp³-hybridized carbons (Fsp3) is 0.429. The van der Waals surface area contributed by atoms with Gasteiger partial charge in [0.15, 0.2) is 0 Å². The maximum absolute atomic E-state index is 12.0. The Bertz CT molecular complexity index is 571. The lowest BCUT2D eigenvalue weighted by atomic mass is 10.1. The van der Waals surface area contributed by atoms with Gasteiger partial charge in [-0.25, -0.2) is 5.43 Å². The molecule has 1 unspecified atom stereocenters. The van der Waals surface area contributed by atoms with Crippen molar-refractivity contribution in [1.29, 1.82) is 0 Å². The summed E-state index contributed by atoms with van der Waals surface area (Å²) in [6, 6.07) is 7.34. The van der Waals surface area contributed by atoms with Gasteiger partial charge >= 0.3 is 0 Å². The van der Waals surface area contributed by atoms with Gasteiger partial charge in [-0.1, -0.05) is 30.7 Å². The Morgan fingerprint density at radius 2 is 2.10 bits per heavy atom. The molecule has 6 heteroatoms. The van der Waals surface area contributed by atoms with Crippen molar-refractivity contribution in [3.8, 4) is 0 Å². The molecule has 0 aliphatic heterocycles. The Kier molecular flexibility index (Phi) is 4.33. The molecule has 1 N–H and O–H groups in total. The number of nitrogens with one attached hydrogen (secondary N) is 1. The Morgan fingerprint density at radius 3 is 2.60 bits per heavy atom. The summed E-state index contributed by atoms with van der Waals surface area (Å²) in [5.74, 6) is -0.268. The molecule has 20 heavy (non-hydrogen) atoms. The minimum absolute atomic E-state index is 0.268. The standard InChI is InChI=1S/C14H15Cl3N2O/c1-3-11(9-5-4-6-10(15)7-9)18-19-12(20)13(2)8-14(13,16)17/h4-7H,3,8H2,1-2H3,(H,19,20). The topological polar surface area (TPSA) is 41.5 Å². The zero-order valence-electron chi connectivity index (χ0n) is 11.2. The molecule has 1 aromatic carbocycles. The van der Waals surface area contributed by atoms with Crippen molar-refractivity contribution in [2.45, 2.75) is 31.0 Å². The average Bonchev–Trinajstić information content (AvgIpc) is 2.90. The molecular formula is C14H15Cl3N2O. The van der Waals surface area contributed by atoms with Gasteiger partial charge in [-0.05, 0) is 37.5 Å². The van der Waals surface area contributed by atoms with E-state index in [0.717, 1.165) is 11.3 Å². The number of carbonyl (C=O) groups is 1. The van der Waals surface area contributed by atoms with E-state index in [1.165, 1.54) is 0 Å². The molecule has 1 aliphatic carbocycles. The zero-order valence-corrected chi connectivity index (χ0v) is 13.5. The number of hydrogen-bond acceptors (Lipinski definition) is 2. The summed E-state index contributed by atoms with van der Waals surface area (Å²) in [6.07, 6.45) is 1.10. The smallest absolute Gasteiger partial charge is 0.249 e. The number of carbonyl (C=O) groups excluding carboxylic acids is 1. The first-order valence-electron chi connectivity index (χ1n) is 6.31. The van der Waals surface area contributed by atoms with Gasteiger partial charge in [-0.15, -0.1) is 23.2 Å². The summed E-state index contributed by atoms with van der Waals surface area (Å²) < 4.78 is -0.991. The number of alkyl halides is 2. The van der Waals surface area contributed by atoms with Crippen LogP contribution in [-0.4, -0.2) is 16.0 Å². The van der Waals surface area contributed by atoms with E-state index in [-0.39, 0.29) is 5.91 Å². The maximum Gasteiger partial charge on any atom is 0.249 e. The van der Waals surface area contributed by atoms with E-state index >= 15 is 0 Å². The van der Waals surface area contributed by atoms with E-state index in [1.807, 2.05) is 25.1 Å². The summed E-state index contributed by atoms with van der Waals surface area (Å²) in [7, 11) is 0. The van der Waals surface area contributed by atoms with Crippen LogP contribution in [-0.2, 0) is 4.79 Å². The van der Waals surface area contributed by atoms with E-state index < -0.39 is 9.75 Å². The monoisotopic (exact) mass is 332 g/mol. The van der Waals surface area contributed by atoms with Gasteiger partial charge in [0.2, 0.25) is 5.91 Å². The lowest BCUT2D eigenvalue weighted by Crippen LogP contribution is -2.30. The molecule has 1 saturated carbocycles. The third kappa shape index (κ3) is 2.95. The molecule has 0 saturated heterocycles. The predicted molar refractivity (Wildman–Crippen MR) is 83.6 cm³/mol. The molecule has 1 atom stereocenters. The summed E-state index contributed by atoms with van der Waals surface area (Å²) >= 11 is 17.9. The maximum atomic E-state index is 12.0. The number of hydrogen-bond donors (Lipinski definition) is 1. The Hall–Kier alpha value is -0.770. The second-order valence-electron chi connectivity index (χ2n) is 5.08. The molecule has 3 nitrogen and oxygen atoms in total. The number of benzene rings is 1. The van der Waals surface area contributed by atoms with Crippen LogP contribution >= 0.6 is 34.8 Å². The molecule has 1 aliphatic rings. The fourth-order valence-corrected chi connectivity index (χ4v) is 2.80. The highest BCUT2D eigenvalue weighted by molar-refractivity contribution is 6.53. The highest BCUT2D eigenvalue weighted by atomic mass is 35.5. The Morgan fingerprint density at radius 1 is 1.45 bits per heavy atom. The molecule has 0 spiro atoms. The van der Waals surface area contributed by atoms with Crippen molar-refractivity contribution in [3.63, 3.8) is 0 Å². The minimum atomic E-state index is -0.991. The Balaban J connectivity index is 2.12. The van der Waals surface area contributed by atoms with Crippen LogP contribution in [0.25, 0.3) is 0 Å². The molecule has 0 aromatic heterocycles. The molecule has 108 valence electrons. The van der Waals surface area contributed by atoms with Gasteiger partial charge in [-0.3, -0.25) is 4.79 Å². The fourth-order valence-electron chi connectivity index (χ4n) is 1.90. The lowest BCUT2D eigenvalue weighted by molar-refractivity contribution is -0.125. The second kappa shape index (κ2) is 5.55. The summed E-state index contributed by atoms with van der Waals surface area (Å²) in [5.41, 5.74) is 3.40. The largest absolute Gasteiger partial charge is 0.272 e. The third-order valence-electron chi connectivity index (χ3n) is 3.54. The molecule has 0 heterocycles. The number of hydrazone groups is 1. The summed E-state index contributed by atoms with van der Waals surface area (Å²) in [4.78, 5) is 12.0. The van der Waals surface area contributed by atoms with Gasteiger partial charge in [-0.2, -0.15) is 5.10 Å². The van der Waals surface area contributed by atoms with Crippen LogP contribution in [0.2, 0.25) is 5.02 Å². The van der Waals surface area contributed by atoms with Crippen molar-refractivity contribution in [3.05, 3.63) is 34.9 Å². The van der Waals surface area contributed by atoms with Crippen LogP contribution < -0.4 is 5.43 Å². The van der Waals surface area contributed by atoms with Crippen LogP contribution in [0.5, 0.6) is 0 Å². The number of amides is 1. The molecule has 0 radical (unpaired) electrons. The van der Waals surface area contributed by atoms with Crippen LogP contribution in [0.1, 0.15) is 32.3 Å². The van der Waals surface area contributed by atoms with Crippen molar-refractivity contribution in [1.82, 2.24) is 5.43 Å². The van der Waals surface area contributed by atoms with Gasteiger partial charge < -0.3 is 0 Å². The second-order valence-corrected chi connectivity index (χ2v) is 7.00. The quantitative estimate of drug-likeness (QED) is 0.502. The van der Waals surface area contributed by atoms with Crippen molar-refractivity contribution >= 4 is 46.4 Å². The number of halogens is 3. The molecular weight excluding hydrogens is 319 g/mol. The normalized spacial score (nSPS) is 24.4. The zero-order chi connectivity index (χ0) is 15.0. The predicted octanol–water partition coefficient (Wildman–Crippen LogP) is 4.15. The van der Waals surface area contributed by atoms with E-state index in [4.69, 9.17) is 34.8 Å². The number of rotatable bonds is 4. The SMILES string of the molecule is CCC(=NNC(=O)C1(C)CC1(Cl)Cl)c1cccc(Cl)c1. The minimum Gasteiger partial charge on any atom is -0.272 e. The van der Waals surface area contributed by atoms with Crippen LogP contribution in [0.15, 0.2) is 29.4 Å². The van der Waals surface area contributed by atoms with E-state index in [0.29, 0.717) is 17.9 Å². The average molecular weight is 334 g/mol. The van der Waals surface area contributed by atoms with E-state index in [1.54, 1.807) is 13.0 Å². The van der Waals surface area contributed by atoms with Crippen LogP contribution in [0.4, 0.5) is 0 Å². The van der Waals surface area contributed by atoms with Crippen molar-refractivity contribution < 1.29 is 4.79 Å². The number of nitrogens with zero attached hydrogens (tertiary/aromatic N) is 1. The lowest BCUT2D eigenvalue weighted by Gasteiger charge is -2.11. The van der Waals surface area contributed by atoms with Gasteiger partial charge in [0.1, 0.15) is 4.33 Å². The first-order valence-corrected chi connectivity index (χ1v) is 7.44. The van der Waals surface area contributed by atoms with Crippen molar-refractivity contribution in [2.75, 3.05) is 0 Å². The summed E-state index contributed by atoms with van der Waals surface area (Å²) in [5, 5.41) is 4.80. The van der Waals surface area contributed by atoms with E-state index in [9.17, 15) is 4.79 Å². The van der Waals surface area contributed by atoms with Crippen LogP contribution in [0, 0.1) is 5.41 Å². The van der Waals surface area contributed by atoms with Gasteiger partial charge in [0.25, 0.3) is 0 Å². The first kappa shape index (κ1) is 15.6. The molecule has 2 rings (SSSR count). The van der Waals surface area contributed by atoms with Crippen LogP contribution in [0.3, 0.4) is 0 Å². The highest BCUT2D eigenvalue weighted by Gasteiger charge is 2.68. The molecule has 1 aromatic rings. The highest BCUT2D eigenvalue weighted by Crippen LogP contribution is 2.63. The van der Waals surface area contributed by atoms with Gasteiger partial charge in [0, 0.05) is 5.02 Å². The van der Waals surface area contributed by atoms with Crippen molar-refractivity contribution in [2.24, 2.45) is 10.5 Å². The van der Waals surface area contributed by atoms with Gasteiger partial charge in [0.05, 0.1) is 11.1 Å². The third-order valence-corrected chi connectivity index (χ3v) is 4.88. The Labute approximate surface area is 133 Å². The molecule has 0 bridgehead atoms. The summed E-state index contributed by atoms with van der Waals surface area (Å²) in [6.45, 7) is 3.68. The molecule has 1 fully saturated rings. The van der Waals surface area contributed by atoms with E-state index in [2.05, 4.69) is 10.5 Å². The molecule has 1 amide bonds. The first-order chi connectivity index (χ1) is 9.30.